The monoisotopic (exact) mass is 310 g/mol. The van der Waals surface area contributed by atoms with Crippen molar-refractivity contribution in [2.75, 3.05) is 12.9 Å². The van der Waals surface area contributed by atoms with Crippen molar-refractivity contribution >= 4 is 9.84 Å². The van der Waals surface area contributed by atoms with E-state index in [-0.39, 0.29) is 11.5 Å². The summed E-state index contributed by atoms with van der Waals surface area (Å²) in [6, 6.07) is 11.5. The minimum absolute atomic E-state index is 0.0539. The summed E-state index contributed by atoms with van der Waals surface area (Å²) in [5.41, 5.74) is 0.527. The van der Waals surface area contributed by atoms with E-state index in [0.717, 1.165) is 6.26 Å². The molecule has 0 saturated carbocycles. The predicted octanol–water partition coefficient (Wildman–Crippen LogP) is 2.34. The van der Waals surface area contributed by atoms with Gasteiger partial charge in [0.05, 0.1) is 4.90 Å². The molecule has 0 amide bonds. The van der Waals surface area contributed by atoms with Gasteiger partial charge < -0.3 is 9.84 Å². The molecule has 0 saturated heterocycles. The van der Waals surface area contributed by atoms with Crippen molar-refractivity contribution < 1.29 is 22.7 Å². The van der Waals surface area contributed by atoms with E-state index in [1.54, 1.807) is 6.07 Å². The molecule has 0 bridgehead atoms. The lowest BCUT2D eigenvalue weighted by atomic mass is 10.1. The van der Waals surface area contributed by atoms with Gasteiger partial charge in [-0.15, -0.1) is 0 Å². The van der Waals surface area contributed by atoms with Crippen molar-refractivity contribution in [2.24, 2.45) is 0 Å². The summed E-state index contributed by atoms with van der Waals surface area (Å²) in [6.45, 7) is -0.0539. The zero-order chi connectivity index (χ0) is 15.5. The number of sulfone groups is 1. The van der Waals surface area contributed by atoms with Crippen LogP contribution in [0.3, 0.4) is 0 Å². The van der Waals surface area contributed by atoms with E-state index in [4.69, 9.17) is 4.74 Å². The van der Waals surface area contributed by atoms with E-state index in [2.05, 4.69) is 0 Å². The van der Waals surface area contributed by atoms with Gasteiger partial charge >= 0.3 is 0 Å². The fourth-order valence-corrected chi connectivity index (χ4v) is 2.40. The van der Waals surface area contributed by atoms with Crippen LogP contribution >= 0.6 is 0 Å². The third kappa shape index (κ3) is 4.27. The molecule has 0 spiro atoms. The smallest absolute Gasteiger partial charge is 0.175 e. The van der Waals surface area contributed by atoms with Gasteiger partial charge in [0.25, 0.3) is 0 Å². The van der Waals surface area contributed by atoms with Crippen LogP contribution in [0.5, 0.6) is 5.75 Å². The molecule has 1 atom stereocenters. The summed E-state index contributed by atoms with van der Waals surface area (Å²) in [7, 11) is -3.26. The minimum Gasteiger partial charge on any atom is -0.490 e. The molecule has 2 aromatic rings. The summed E-state index contributed by atoms with van der Waals surface area (Å²) in [5.74, 6) is -0.0960. The number of aliphatic hydroxyl groups is 1. The predicted molar refractivity (Wildman–Crippen MR) is 76.4 cm³/mol. The Labute approximate surface area is 122 Å². The minimum atomic E-state index is -3.26. The van der Waals surface area contributed by atoms with Crippen LogP contribution in [-0.2, 0) is 9.84 Å². The number of halogens is 1. The van der Waals surface area contributed by atoms with Gasteiger partial charge in [-0.3, -0.25) is 0 Å². The topological polar surface area (TPSA) is 63.6 Å². The van der Waals surface area contributed by atoms with E-state index in [0.29, 0.717) is 11.3 Å². The maximum absolute atomic E-state index is 13.0. The number of benzene rings is 2. The highest BCUT2D eigenvalue weighted by Crippen LogP contribution is 2.19. The fraction of sp³-hybridized carbons (Fsp3) is 0.200. The average Bonchev–Trinajstić information content (AvgIpc) is 2.44. The number of ether oxygens (including phenoxy) is 1. The van der Waals surface area contributed by atoms with Crippen molar-refractivity contribution in [1.29, 1.82) is 0 Å². The molecule has 112 valence electrons. The molecule has 2 rings (SSSR count). The molecule has 6 heteroatoms. The summed E-state index contributed by atoms with van der Waals surface area (Å²) in [4.78, 5) is 0.185. The van der Waals surface area contributed by atoms with E-state index >= 15 is 0 Å². The van der Waals surface area contributed by atoms with Crippen LogP contribution in [0.2, 0.25) is 0 Å². The Morgan fingerprint density at radius 1 is 1.19 bits per heavy atom. The first kappa shape index (κ1) is 15.5. The van der Waals surface area contributed by atoms with E-state index in [1.165, 1.54) is 42.5 Å². The Morgan fingerprint density at radius 2 is 1.86 bits per heavy atom. The van der Waals surface area contributed by atoms with Crippen LogP contribution in [0.25, 0.3) is 0 Å². The van der Waals surface area contributed by atoms with Gasteiger partial charge in [0.15, 0.2) is 9.84 Å². The lowest BCUT2D eigenvalue weighted by molar-refractivity contribution is 0.108. The van der Waals surface area contributed by atoms with Gasteiger partial charge in [-0.2, -0.15) is 0 Å². The molecule has 0 aliphatic carbocycles. The standard InChI is InChI=1S/C15H15FO4S/c1-21(18,19)14-7-5-11(6-8-14)15(17)10-20-13-4-2-3-12(16)9-13/h2-9,15,17H,10H2,1H3. The maximum atomic E-state index is 13.0. The van der Waals surface area contributed by atoms with E-state index in [1.807, 2.05) is 0 Å². The van der Waals surface area contributed by atoms with Gasteiger partial charge in [-0.1, -0.05) is 18.2 Å². The number of aliphatic hydroxyl groups excluding tert-OH is 1. The third-order valence-electron chi connectivity index (χ3n) is 2.90. The highest BCUT2D eigenvalue weighted by Gasteiger charge is 2.11. The van der Waals surface area contributed by atoms with Gasteiger partial charge in [-0.05, 0) is 29.8 Å². The molecule has 21 heavy (non-hydrogen) atoms. The molecular weight excluding hydrogens is 295 g/mol. The van der Waals surface area contributed by atoms with Crippen LogP contribution in [0.4, 0.5) is 4.39 Å². The second-order valence-corrected chi connectivity index (χ2v) is 6.64. The van der Waals surface area contributed by atoms with Crippen LogP contribution in [0.1, 0.15) is 11.7 Å². The molecule has 0 fully saturated rings. The van der Waals surface area contributed by atoms with Crippen LogP contribution in [-0.4, -0.2) is 26.4 Å². The number of rotatable bonds is 5. The second kappa shape index (κ2) is 6.24. The van der Waals surface area contributed by atoms with Crippen molar-refractivity contribution in [3.63, 3.8) is 0 Å². The van der Waals surface area contributed by atoms with Gasteiger partial charge in [0, 0.05) is 12.3 Å². The van der Waals surface area contributed by atoms with Crippen molar-refractivity contribution in [3.05, 3.63) is 59.9 Å². The largest absolute Gasteiger partial charge is 0.490 e. The first-order valence-corrected chi connectivity index (χ1v) is 8.12. The lowest BCUT2D eigenvalue weighted by Gasteiger charge is -2.13. The molecule has 0 radical (unpaired) electrons. The normalized spacial score (nSPS) is 12.9. The number of hydrogen-bond acceptors (Lipinski definition) is 4. The summed E-state index contributed by atoms with van der Waals surface area (Å²) >= 11 is 0. The molecule has 1 unspecified atom stereocenters. The SMILES string of the molecule is CS(=O)(=O)c1ccc(C(O)COc2cccc(F)c2)cc1. The highest BCUT2D eigenvalue weighted by atomic mass is 32.2. The molecule has 0 aromatic heterocycles. The Kier molecular flexibility index (Phi) is 4.59. The Morgan fingerprint density at radius 3 is 2.43 bits per heavy atom. The highest BCUT2D eigenvalue weighted by molar-refractivity contribution is 7.90. The Hall–Kier alpha value is -1.92. The molecule has 1 N–H and O–H groups in total. The van der Waals surface area contributed by atoms with Crippen LogP contribution in [0.15, 0.2) is 53.4 Å². The molecule has 0 aliphatic heterocycles. The summed E-state index contributed by atoms with van der Waals surface area (Å²) in [6.07, 6.45) is 0.188. The summed E-state index contributed by atoms with van der Waals surface area (Å²) in [5, 5.41) is 9.98. The van der Waals surface area contributed by atoms with Crippen molar-refractivity contribution in [3.8, 4) is 5.75 Å². The van der Waals surface area contributed by atoms with Crippen molar-refractivity contribution in [2.45, 2.75) is 11.0 Å². The van der Waals surface area contributed by atoms with E-state index in [9.17, 15) is 17.9 Å². The van der Waals surface area contributed by atoms with Gasteiger partial charge in [0.2, 0.25) is 0 Å². The average molecular weight is 310 g/mol. The van der Waals surface area contributed by atoms with Crippen LogP contribution in [0, 0.1) is 5.82 Å². The molecule has 0 aliphatic rings. The third-order valence-corrected chi connectivity index (χ3v) is 4.03. The molecule has 2 aromatic carbocycles. The zero-order valence-corrected chi connectivity index (χ0v) is 12.2. The quantitative estimate of drug-likeness (QED) is 0.920. The maximum Gasteiger partial charge on any atom is 0.175 e. The first-order chi connectivity index (χ1) is 9.86. The molecule has 4 nitrogen and oxygen atoms in total. The lowest BCUT2D eigenvalue weighted by Crippen LogP contribution is -2.10. The number of hydrogen-bond donors (Lipinski definition) is 1. The van der Waals surface area contributed by atoms with Crippen LogP contribution < -0.4 is 4.74 Å². The second-order valence-electron chi connectivity index (χ2n) is 4.63. The Bertz CT molecular complexity index is 711. The fourth-order valence-electron chi connectivity index (χ4n) is 1.77. The zero-order valence-electron chi connectivity index (χ0n) is 11.4. The molecular formula is C15H15FO4S. The van der Waals surface area contributed by atoms with E-state index < -0.39 is 21.8 Å². The van der Waals surface area contributed by atoms with Crippen molar-refractivity contribution in [1.82, 2.24) is 0 Å². The summed E-state index contributed by atoms with van der Waals surface area (Å²) < 4.78 is 40.9. The first-order valence-electron chi connectivity index (χ1n) is 6.23. The van der Waals surface area contributed by atoms with Gasteiger partial charge in [0.1, 0.15) is 24.3 Å². The Balaban J connectivity index is 2.02. The molecule has 0 heterocycles. The van der Waals surface area contributed by atoms with Gasteiger partial charge in [-0.25, -0.2) is 12.8 Å².